The number of hydrogen-bond donors (Lipinski definition) is 1. The number of aryl methyl sites for hydroxylation is 1. The van der Waals surface area contributed by atoms with Crippen LogP contribution in [-0.2, 0) is 10.2 Å². The third kappa shape index (κ3) is 7.79. The molecule has 0 spiro atoms. The number of carbonyl (C=O) groups excluding carboxylic acids is 2. The Morgan fingerprint density at radius 3 is 2.26 bits per heavy atom. The fourth-order valence-electron chi connectivity index (χ4n) is 5.91. The molecular formula is C33H44F2N8O4. The van der Waals surface area contributed by atoms with E-state index in [1.807, 2.05) is 25.7 Å². The molecule has 2 saturated heterocycles. The smallest absolute Gasteiger partial charge is 0.407 e. The Labute approximate surface area is 273 Å². The number of amides is 2. The van der Waals surface area contributed by atoms with Crippen LogP contribution in [0.2, 0.25) is 0 Å². The van der Waals surface area contributed by atoms with Crippen LogP contribution in [0.3, 0.4) is 0 Å². The van der Waals surface area contributed by atoms with Gasteiger partial charge in [0.05, 0.1) is 11.6 Å². The van der Waals surface area contributed by atoms with Crippen molar-refractivity contribution >= 4 is 24.0 Å². The fourth-order valence-corrected chi connectivity index (χ4v) is 5.91. The average Bonchev–Trinajstić information content (AvgIpc) is 3.66. The second-order valence-electron chi connectivity index (χ2n) is 14.4. The van der Waals surface area contributed by atoms with Gasteiger partial charge in [0.25, 0.3) is 5.91 Å². The number of halogens is 2. The lowest BCUT2D eigenvalue weighted by Gasteiger charge is -2.35. The highest BCUT2D eigenvalue weighted by atomic mass is 19.1. The first-order valence-electron chi connectivity index (χ1n) is 15.9. The molecule has 2 unspecified atom stereocenters. The predicted molar refractivity (Wildman–Crippen MR) is 172 cm³/mol. The number of ether oxygens (including phenoxy) is 1. The lowest BCUT2D eigenvalue weighted by molar-refractivity contribution is 0.0504. The van der Waals surface area contributed by atoms with E-state index in [4.69, 9.17) is 9.26 Å². The predicted octanol–water partition coefficient (Wildman–Crippen LogP) is 4.98. The van der Waals surface area contributed by atoms with Crippen molar-refractivity contribution in [2.24, 2.45) is 0 Å². The number of hydrogen-bond acceptors (Lipinski definition) is 10. The van der Waals surface area contributed by atoms with Crippen LogP contribution in [-0.4, -0.2) is 87.9 Å². The van der Waals surface area contributed by atoms with Crippen LogP contribution < -0.4 is 15.1 Å². The van der Waals surface area contributed by atoms with Crippen molar-refractivity contribution in [1.82, 2.24) is 30.3 Å². The van der Waals surface area contributed by atoms with Crippen LogP contribution in [0.4, 0.5) is 25.5 Å². The van der Waals surface area contributed by atoms with Gasteiger partial charge in [0.15, 0.2) is 5.82 Å². The highest BCUT2D eigenvalue weighted by Gasteiger charge is 2.39. The Bertz CT molecular complexity index is 1590. The Morgan fingerprint density at radius 1 is 1.00 bits per heavy atom. The molecule has 4 heterocycles. The van der Waals surface area contributed by atoms with Crippen molar-refractivity contribution in [1.29, 1.82) is 0 Å². The van der Waals surface area contributed by atoms with Gasteiger partial charge in [0, 0.05) is 69.1 Å². The van der Waals surface area contributed by atoms with Crippen LogP contribution in [0.15, 0.2) is 29.0 Å². The Balaban J connectivity index is 1.25. The number of piperidine rings is 1. The van der Waals surface area contributed by atoms with Crippen molar-refractivity contribution in [3.63, 3.8) is 0 Å². The summed E-state index contributed by atoms with van der Waals surface area (Å²) in [7, 11) is 1.78. The zero-order valence-electron chi connectivity index (χ0n) is 28.3. The van der Waals surface area contributed by atoms with E-state index in [1.54, 1.807) is 44.5 Å². The molecule has 2 amide bonds. The Morgan fingerprint density at radius 2 is 1.66 bits per heavy atom. The standard InChI is InChI=1S/C33H44F2N8O4/c1-19-13-22(25(35)14-24(19)34)23-17-43(18-26(23)38-31(45)46-33(5,6)7)29-36-15-20(16-37-29)27(44)41(8)21-9-11-42(12-10-21)30-39-28(40-47-30)32(2,3)4/h13-16,21,23,26H,9-12,17-18H2,1-8H3,(H,38,45). The number of benzene rings is 1. The zero-order chi connectivity index (χ0) is 34.3. The van der Waals surface area contributed by atoms with Gasteiger partial charge in [-0.2, -0.15) is 4.98 Å². The molecule has 2 atom stereocenters. The second-order valence-corrected chi connectivity index (χ2v) is 14.4. The molecule has 1 N–H and O–H groups in total. The van der Waals surface area contributed by atoms with Crippen LogP contribution >= 0.6 is 0 Å². The SMILES string of the molecule is Cc1cc(C2CN(c3ncc(C(=O)N(C)C4CCN(c5nc(C(C)(C)C)no5)CC4)cn3)CC2NC(=O)OC(C)(C)C)c(F)cc1F. The van der Waals surface area contributed by atoms with E-state index in [0.717, 1.165) is 18.9 Å². The van der Waals surface area contributed by atoms with Crippen LogP contribution in [0.25, 0.3) is 0 Å². The number of nitrogens with one attached hydrogen (secondary N) is 1. The Hall–Kier alpha value is -4.36. The maximum absolute atomic E-state index is 15.0. The molecule has 47 heavy (non-hydrogen) atoms. The first-order chi connectivity index (χ1) is 22.0. The molecule has 0 bridgehead atoms. The van der Waals surface area contributed by atoms with E-state index in [9.17, 15) is 14.0 Å². The first kappa shape index (κ1) is 34.0. The molecule has 3 aromatic rings. The zero-order valence-corrected chi connectivity index (χ0v) is 28.3. The van der Waals surface area contributed by atoms with Gasteiger partial charge in [-0.1, -0.05) is 25.9 Å². The van der Waals surface area contributed by atoms with Crippen molar-refractivity contribution in [3.05, 3.63) is 58.7 Å². The maximum Gasteiger partial charge on any atom is 0.407 e. The molecule has 12 nitrogen and oxygen atoms in total. The lowest BCUT2D eigenvalue weighted by atomic mass is 9.92. The van der Waals surface area contributed by atoms with Gasteiger partial charge in [0.2, 0.25) is 5.95 Å². The second kappa shape index (κ2) is 13.0. The van der Waals surface area contributed by atoms with Crippen LogP contribution in [0.5, 0.6) is 0 Å². The van der Waals surface area contributed by atoms with E-state index < -0.39 is 35.3 Å². The van der Waals surface area contributed by atoms with Gasteiger partial charge in [0.1, 0.15) is 17.2 Å². The summed E-state index contributed by atoms with van der Waals surface area (Å²) < 4.78 is 40.0. The minimum absolute atomic E-state index is 0.0107. The molecule has 5 rings (SSSR count). The number of alkyl carbamates (subject to hydrolysis) is 1. The van der Waals surface area contributed by atoms with Gasteiger partial charge in [-0.25, -0.2) is 23.5 Å². The van der Waals surface area contributed by atoms with Crippen molar-refractivity contribution < 1.29 is 27.6 Å². The van der Waals surface area contributed by atoms with E-state index >= 15 is 4.39 Å². The molecule has 1 aromatic carbocycles. The quantitative estimate of drug-likeness (QED) is 0.389. The van der Waals surface area contributed by atoms with Crippen molar-refractivity contribution in [2.45, 2.75) is 90.3 Å². The maximum atomic E-state index is 15.0. The average molecular weight is 655 g/mol. The van der Waals surface area contributed by atoms with Gasteiger partial charge in [-0.15, -0.1) is 0 Å². The highest BCUT2D eigenvalue weighted by Crippen LogP contribution is 2.33. The molecule has 2 aliphatic heterocycles. The minimum atomic E-state index is -0.727. The summed E-state index contributed by atoms with van der Waals surface area (Å²) in [6, 6.07) is 2.27. The summed E-state index contributed by atoms with van der Waals surface area (Å²) in [4.78, 5) is 45.2. The number of carbonyl (C=O) groups is 2. The molecule has 2 aliphatic rings. The molecule has 2 fully saturated rings. The molecule has 0 radical (unpaired) electrons. The van der Waals surface area contributed by atoms with E-state index in [1.165, 1.54) is 18.5 Å². The molecule has 254 valence electrons. The van der Waals surface area contributed by atoms with Gasteiger partial charge >= 0.3 is 12.1 Å². The minimum Gasteiger partial charge on any atom is -0.444 e. The number of rotatable bonds is 6. The van der Waals surface area contributed by atoms with Crippen molar-refractivity contribution in [2.75, 3.05) is 43.0 Å². The normalized spacial score (nSPS) is 19.2. The molecule has 0 aliphatic carbocycles. The van der Waals surface area contributed by atoms with Crippen molar-refractivity contribution in [3.8, 4) is 0 Å². The summed E-state index contributed by atoms with van der Waals surface area (Å²) >= 11 is 0. The third-order valence-corrected chi connectivity index (χ3v) is 8.56. The lowest BCUT2D eigenvalue weighted by Crippen LogP contribution is -2.45. The number of anilines is 2. The molecule has 2 aromatic heterocycles. The number of nitrogens with zero attached hydrogens (tertiary/aromatic N) is 7. The number of aromatic nitrogens is 4. The van der Waals surface area contributed by atoms with Gasteiger partial charge in [-0.3, -0.25) is 4.79 Å². The Kier molecular flexibility index (Phi) is 9.43. The molecule has 14 heteroatoms. The molecule has 0 saturated carbocycles. The van der Waals surface area contributed by atoms with Crippen LogP contribution in [0, 0.1) is 18.6 Å². The van der Waals surface area contributed by atoms with E-state index in [2.05, 4.69) is 25.4 Å². The summed E-state index contributed by atoms with van der Waals surface area (Å²) in [6.07, 6.45) is 3.78. The van der Waals surface area contributed by atoms with E-state index in [-0.39, 0.29) is 36.0 Å². The van der Waals surface area contributed by atoms with Crippen LogP contribution in [0.1, 0.15) is 87.6 Å². The van der Waals surface area contributed by atoms with Gasteiger partial charge in [-0.05, 0) is 57.7 Å². The largest absolute Gasteiger partial charge is 0.444 e. The van der Waals surface area contributed by atoms with Gasteiger partial charge < -0.3 is 29.3 Å². The third-order valence-electron chi connectivity index (χ3n) is 8.56. The highest BCUT2D eigenvalue weighted by molar-refractivity contribution is 5.93. The molecular weight excluding hydrogens is 610 g/mol. The first-order valence-corrected chi connectivity index (χ1v) is 15.9. The topological polar surface area (TPSA) is 130 Å². The summed E-state index contributed by atoms with van der Waals surface area (Å²) in [5.41, 5.74) is -0.0196. The summed E-state index contributed by atoms with van der Waals surface area (Å²) in [5, 5.41) is 6.97. The van der Waals surface area contributed by atoms with E-state index in [0.29, 0.717) is 42.0 Å². The summed E-state index contributed by atoms with van der Waals surface area (Å²) in [6.45, 7) is 14.8. The fraction of sp³-hybridized carbons (Fsp3) is 0.576. The monoisotopic (exact) mass is 654 g/mol. The summed E-state index contributed by atoms with van der Waals surface area (Å²) in [5.74, 6) is -1.09.